The molecule has 0 atom stereocenters. The van der Waals surface area contributed by atoms with E-state index in [0.29, 0.717) is 18.0 Å². The highest BCUT2D eigenvalue weighted by molar-refractivity contribution is 7.92. The molecule has 7 nitrogen and oxygen atoms in total. The van der Waals surface area contributed by atoms with E-state index in [1.807, 2.05) is 6.92 Å². The van der Waals surface area contributed by atoms with E-state index in [-0.39, 0.29) is 10.7 Å². The fourth-order valence-electron chi connectivity index (χ4n) is 1.71. The van der Waals surface area contributed by atoms with Gasteiger partial charge in [-0.2, -0.15) is 5.10 Å². The maximum Gasteiger partial charge on any atom is 0.267 e. The topological polar surface area (TPSA) is 110 Å². The summed E-state index contributed by atoms with van der Waals surface area (Å²) in [5.41, 5.74) is 6.74. The minimum atomic E-state index is -3.76. The summed E-state index contributed by atoms with van der Waals surface area (Å²) in [6, 6.07) is 5.11. The molecule has 1 aromatic heterocycles. The van der Waals surface area contributed by atoms with Crippen molar-refractivity contribution in [3.63, 3.8) is 0 Å². The molecule has 8 heteroatoms. The number of ether oxygens (including phenoxy) is 1. The molecule has 0 radical (unpaired) electrons. The van der Waals surface area contributed by atoms with Gasteiger partial charge < -0.3 is 10.5 Å². The molecule has 0 saturated heterocycles. The van der Waals surface area contributed by atoms with E-state index in [0.717, 1.165) is 5.56 Å². The van der Waals surface area contributed by atoms with Crippen LogP contribution in [-0.2, 0) is 10.0 Å². The van der Waals surface area contributed by atoms with Gasteiger partial charge in [-0.3, -0.25) is 9.82 Å². The van der Waals surface area contributed by atoms with Crippen molar-refractivity contribution in [3.8, 4) is 5.75 Å². The lowest BCUT2D eigenvalue weighted by Gasteiger charge is -2.11. The Bertz CT molecular complexity index is 709. The zero-order valence-electron chi connectivity index (χ0n) is 11.2. The third-order valence-electron chi connectivity index (χ3n) is 2.67. The first-order valence-electron chi connectivity index (χ1n) is 5.99. The molecule has 0 aliphatic carbocycles. The summed E-state index contributed by atoms with van der Waals surface area (Å²) in [6.07, 6.45) is 1.17. The number of H-pyrrole nitrogens is 1. The molecule has 0 bridgehead atoms. The lowest BCUT2D eigenvalue weighted by Crippen LogP contribution is -2.14. The number of hydrogen-bond acceptors (Lipinski definition) is 5. The second-order valence-corrected chi connectivity index (χ2v) is 5.81. The van der Waals surface area contributed by atoms with Gasteiger partial charge in [0.25, 0.3) is 10.0 Å². The maximum atomic E-state index is 12.2. The van der Waals surface area contributed by atoms with E-state index in [9.17, 15) is 8.42 Å². The number of benzene rings is 1. The third-order valence-corrected chi connectivity index (χ3v) is 4.07. The first-order valence-corrected chi connectivity index (χ1v) is 7.47. The zero-order valence-corrected chi connectivity index (χ0v) is 12.0. The molecule has 2 rings (SSSR count). The van der Waals surface area contributed by atoms with Crippen LogP contribution < -0.4 is 15.2 Å². The summed E-state index contributed by atoms with van der Waals surface area (Å²) >= 11 is 0. The van der Waals surface area contributed by atoms with Crippen molar-refractivity contribution in [3.05, 3.63) is 30.0 Å². The molecule has 0 aliphatic rings. The predicted octanol–water partition coefficient (Wildman–Crippen LogP) is 1.50. The van der Waals surface area contributed by atoms with Gasteiger partial charge >= 0.3 is 0 Å². The number of aryl methyl sites for hydroxylation is 1. The molecule has 0 aliphatic heterocycles. The Morgan fingerprint density at radius 2 is 2.20 bits per heavy atom. The minimum Gasteiger partial charge on any atom is -0.494 e. The Balaban J connectivity index is 2.28. The van der Waals surface area contributed by atoms with E-state index < -0.39 is 10.0 Å². The number of rotatable bonds is 5. The fourth-order valence-corrected chi connectivity index (χ4v) is 2.86. The van der Waals surface area contributed by atoms with Crippen molar-refractivity contribution in [2.45, 2.75) is 18.7 Å². The van der Waals surface area contributed by atoms with Gasteiger partial charge in [-0.1, -0.05) is 0 Å². The molecule has 0 saturated carbocycles. The average Bonchev–Trinajstić information content (AvgIpc) is 2.80. The minimum absolute atomic E-state index is 0.00101. The van der Waals surface area contributed by atoms with E-state index in [4.69, 9.17) is 10.5 Å². The molecule has 0 unspecified atom stereocenters. The zero-order chi connectivity index (χ0) is 14.8. The van der Waals surface area contributed by atoms with Gasteiger partial charge in [0, 0.05) is 0 Å². The van der Waals surface area contributed by atoms with Gasteiger partial charge in [0.05, 0.1) is 18.5 Å². The maximum absolute atomic E-state index is 12.2. The number of anilines is 2. The highest BCUT2D eigenvalue weighted by Crippen LogP contribution is 2.25. The van der Waals surface area contributed by atoms with Crippen LogP contribution in [0.4, 0.5) is 11.5 Å². The fraction of sp³-hybridized carbons (Fsp3) is 0.250. The highest BCUT2D eigenvalue weighted by Gasteiger charge is 2.20. The number of nitrogen functional groups attached to an aromatic ring is 1. The lowest BCUT2D eigenvalue weighted by molar-refractivity contribution is 0.340. The van der Waals surface area contributed by atoms with Gasteiger partial charge in [0.2, 0.25) is 0 Å². The number of aromatic amines is 1. The average molecular weight is 296 g/mol. The molecular formula is C12H16N4O3S. The monoisotopic (exact) mass is 296 g/mol. The standard InChI is InChI=1S/C12H16N4O3S/c1-3-19-9-4-5-10(8(2)6-9)16-20(17,18)11-7-14-15-12(11)13/h4-7,16H,3H2,1-2H3,(H3,13,14,15). The van der Waals surface area contributed by atoms with Crippen molar-refractivity contribution in [1.29, 1.82) is 0 Å². The van der Waals surface area contributed by atoms with Crippen LogP contribution in [0.3, 0.4) is 0 Å². The second kappa shape index (κ2) is 5.41. The van der Waals surface area contributed by atoms with Crippen molar-refractivity contribution >= 4 is 21.5 Å². The van der Waals surface area contributed by atoms with Gasteiger partial charge in [-0.15, -0.1) is 0 Å². The van der Waals surface area contributed by atoms with Crippen molar-refractivity contribution in [1.82, 2.24) is 10.2 Å². The van der Waals surface area contributed by atoms with Crippen molar-refractivity contribution < 1.29 is 13.2 Å². The van der Waals surface area contributed by atoms with Crippen LogP contribution in [-0.4, -0.2) is 25.2 Å². The summed E-state index contributed by atoms with van der Waals surface area (Å²) in [6.45, 7) is 4.22. The van der Waals surface area contributed by atoms with Crippen LogP contribution in [0, 0.1) is 6.92 Å². The van der Waals surface area contributed by atoms with Gasteiger partial charge in [0.15, 0.2) is 0 Å². The summed E-state index contributed by atoms with van der Waals surface area (Å²) in [4.78, 5) is -0.0780. The number of hydrogen-bond donors (Lipinski definition) is 3. The number of nitrogens with two attached hydrogens (primary N) is 1. The Kier molecular flexibility index (Phi) is 3.84. The van der Waals surface area contributed by atoms with Gasteiger partial charge in [0.1, 0.15) is 16.5 Å². The van der Waals surface area contributed by atoms with E-state index >= 15 is 0 Å². The summed E-state index contributed by atoms with van der Waals surface area (Å²) in [5.74, 6) is 0.692. The van der Waals surface area contributed by atoms with Crippen LogP contribution >= 0.6 is 0 Å². The van der Waals surface area contributed by atoms with E-state index in [1.54, 1.807) is 25.1 Å². The van der Waals surface area contributed by atoms with Gasteiger partial charge in [-0.25, -0.2) is 8.42 Å². The smallest absolute Gasteiger partial charge is 0.267 e. The van der Waals surface area contributed by atoms with Crippen LogP contribution in [0.2, 0.25) is 0 Å². The first-order chi connectivity index (χ1) is 9.44. The molecule has 4 N–H and O–H groups in total. The van der Waals surface area contributed by atoms with Crippen LogP contribution in [0.5, 0.6) is 5.75 Å². The summed E-state index contributed by atoms with van der Waals surface area (Å²) in [5, 5.41) is 5.99. The molecule has 0 spiro atoms. The second-order valence-electron chi connectivity index (χ2n) is 4.16. The third kappa shape index (κ3) is 2.85. The largest absolute Gasteiger partial charge is 0.494 e. The SMILES string of the molecule is CCOc1ccc(NS(=O)(=O)c2cn[nH]c2N)c(C)c1. The van der Waals surface area contributed by atoms with Crippen LogP contribution in [0.15, 0.2) is 29.3 Å². The predicted molar refractivity (Wildman–Crippen MR) is 76.2 cm³/mol. The molecule has 1 aromatic carbocycles. The first kappa shape index (κ1) is 14.2. The van der Waals surface area contributed by atoms with Crippen molar-refractivity contribution in [2.75, 3.05) is 17.1 Å². The molecule has 0 fully saturated rings. The molecular weight excluding hydrogens is 280 g/mol. The molecule has 0 amide bonds. The van der Waals surface area contributed by atoms with Crippen LogP contribution in [0.25, 0.3) is 0 Å². The molecule has 1 heterocycles. The molecule has 20 heavy (non-hydrogen) atoms. The number of sulfonamides is 1. The van der Waals surface area contributed by atoms with Crippen molar-refractivity contribution in [2.24, 2.45) is 0 Å². The Labute approximate surface area is 117 Å². The van der Waals surface area contributed by atoms with E-state index in [1.165, 1.54) is 6.20 Å². The quantitative estimate of drug-likeness (QED) is 0.774. The number of aromatic nitrogens is 2. The normalized spacial score (nSPS) is 11.3. The number of nitrogens with zero attached hydrogens (tertiary/aromatic N) is 1. The molecule has 108 valence electrons. The summed E-state index contributed by atoms with van der Waals surface area (Å²) < 4.78 is 32.2. The van der Waals surface area contributed by atoms with E-state index in [2.05, 4.69) is 14.9 Å². The summed E-state index contributed by atoms with van der Waals surface area (Å²) in [7, 11) is -3.76. The lowest BCUT2D eigenvalue weighted by atomic mass is 10.2. The van der Waals surface area contributed by atoms with Gasteiger partial charge in [-0.05, 0) is 37.6 Å². The Hall–Kier alpha value is -2.22. The highest BCUT2D eigenvalue weighted by atomic mass is 32.2. The Morgan fingerprint density at radius 1 is 1.45 bits per heavy atom. The number of nitrogens with one attached hydrogen (secondary N) is 2. The molecule has 2 aromatic rings. The van der Waals surface area contributed by atoms with Crippen LogP contribution in [0.1, 0.15) is 12.5 Å². The Morgan fingerprint density at radius 3 is 2.75 bits per heavy atom.